The Bertz CT molecular complexity index is 479. The van der Waals surface area contributed by atoms with Crippen LogP contribution in [0.15, 0.2) is 30.3 Å². The van der Waals surface area contributed by atoms with Crippen molar-refractivity contribution in [1.82, 2.24) is 5.32 Å². The number of rotatable bonds is 5. The number of carbonyl (C=O) groups is 2. The lowest BCUT2D eigenvalue weighted by Gasteiger charge is -2.25. The smallest absolute Gasteiger partial charge is 0.327 e. The number of carbonyl (C=O) groups excluding carboxylic acids is 2. The molecule has 0 heterocycles. The molecule has 0 aliphatic carbocycles. The molecule has 2 atom stereocenters. The summed E-state index contributed by atoms with van der Waals surface area (Å²) in [4.78, 5) is 23.9. The van der Waals surface area contributed by atoms with E-state index in [9.17, 15) is 9.59 Å². The SMILES string of the molecule is COC(=O)C(NC(C)C(=O)OC(C)(C)C)c1ccccc1. The molecule has 1 aromatic rings. The molecule has 0 radical (unpaired) electrons. The highest BCUT2D eigenvalue weighted by Gasteiger charge is 2.28. The Balaban J connectivity index is 2.83. The zero-order valence-electron chi connectivity index (χ0n) is 13.2. The van der Waals surface area contributed by atoms with Crippen LogP contribution in [-0.4, -0.2) is 30.7 Å². The minimum absolute atomic E-state index is 0.410. The van der Waals surface area contributed by atoms with Crippen molar-refractivity contribution in [3.05, 3.63) is 35.9 Å². The number of methoxy groups -OCH3 is 1. The first-order valence-corrected chi connectivity index (χ1v) is 6.86. The van der Waals surface area contributed by atoms with Gasteiger partial charge in [-0.2, -0.15) is 0 Å². The fourth-order valence-electron chi connectivity index (χ4n) is 1.77. The maximum absolute atomic E-state index is 12.0. The van der Waals surface area contributed by atoms with E-state index < -0.39 is 29.6 Å². The van der Waals surface area contributed by atoms with Crippen LogP contribution < -0.4 is 5.32 Å². The predicted molar refractivity (Wildman–Crippen MR) is 79.6 cm³/mol. The van der Waals surface area contributed by atoms with Gasteiger partial charge in [-0.25, -0.2) is 4.79 Å². The second-order valence-corrected chi connectivity index (χ2v) is 5.79. The number of benzene rings is 1. The van der Waals surface area contributed by atoms with E-state index in [0.29, 0.717) is 0 Å². The molecule has 0 aliphatic heterocycles. The van der Waals surface area contributed by atoms with E-state index in [2.05, 4.69) is 5.32 Å². The normalized spacial score (nSPS) is 14.1. The molecule has 0 spiro atoms. The van der Waals surface area contributed by atoms with E-state index in [1.807, 2.05) is 18.2 Å². The van der Waals surface area contributed by atoms with Gasteiger partial charge in [0.2, 0.25) is 0 Å². The van der Waals surface area contributed by atoms with E-state index in [1.54, 1.807) is 39.8 Å². The molecule has 21 heavy (non-hydrogen) atoms. The van der Waals surface area contributed by atoms with Crippen LogP contribution in [0.5, 0.6) is 0 Å². The summed E-state index contributed by atoms with van der Waals surface area (Å²) < 4.78 is 10.1. The van der Waals surface area contributed by atoms with Gasteiger partial charge in [0.1, 0.15) is 17.7 Å². The van der Waals surface area contributed by atoms with Gasteiger partial charge in [-0.05, 0) is 33.3 Å². The molecular formula is C16H23NO4. The van der Waals surface area contributed by atoms with Crippen LogP contribution in [0.25, 0.3) is 0 Å². The van der Waals surface area contributed by atoms with Gasteiger partial charge in [0.25, 0.3) is 0 Å². The van der Waals surface area contributed by atoms with Gasteiger partial charge in [-0.1, -0.05) is 30.3 Å². The molecule has 0 bridgehead atoms. The van der Waals surface area contributed by atoms with Crippen LogP contribution in [0.3, 0.4) is 0 Å². The Kier molecular flexibility index (Phi) is 5.90. The van der Waals surface area contributed by atoms with E-state index in [0.717, 1.165) is 5.56 Å². The minimum atomic E-state index is -0.710. The molecule has 1 aromatic carbocycles. The number of nitrogens with one attached hydrogen (secondary N) is 1. The number of esters is 2. The molecule has 0 fully saturated rings. The fraction of sp³-hybridized carbons (Fsp3) is 0.500. The molecule has 0 saturated carbocycles. The van der Waals surface area contributed by atoms with Crippen molar-refractivity contribution in [2.45, 2.75) is 45.4 Å². The third kappa shape index (κ3) is 5.55. The molecule has 2 unspecified atom stereocenters. The second kappa shape index (κ2) is 7.22. The van der Waals surface area contributed by atoms with Crippen molar-refractivity contribution < 1.29 is 19.1 Å². The van der Waals surface area contributed by atoms with Crippen LogP contribution in [0.4, 0.5) is 0 Å². The quantitative estimate of drug-likeness (QED) is 0.843. The van der Waals surface area contributed by atoms with Crippen molar-refractivity contribution in [1.29, 1.82) is 0 Å². The van der Waals surface area contributed by atoms with E-state index in [-0.39, 0.29) is 0 Å². The molecule has 1 N–H and O–H groups in total. The summed E-state index contributed by atoms with van der Waals surface area (Å²) in [5, 5.41) is 2.96. The highest BCUT2D eigenvalue weighted by atomic mass is 16.6. The number of hydrogen-bond donors (Lipinski definition) is 1. The molecule has 0 aromatic heterocycles. The predicted octanol–water partition coefficient (Wildman–Crippen LogP) is 2.22. The average Bonchev–Trinajstić information content (AvgIpc) is 2.42. The third-order valence-electron chi connectivity index (χ3n) is 2.75. The van der Waals surface area contributed by atoms with Crippen molar-refractivity contribution >= 4 is 11.9 Å². The van der Waals surface area contributed by atoms with Gasteiger partial charge < -0.3 is 9.47 Å². The molecule has 0 saturated heterocycles. The molecule has 0 aliphatic rings. The van der Waals surface area contributed by atoms with Crippen LogP contribution in [0, 0.1) is 0 Å². The second-order valence-electron chi connectivity index (χ2n) is 5.79. The topological polar surface area (TPSA) is 64.6 Å². The fourth-order valence-corrected chi connectivity index (χ4v) is 1.77. The maximum atomic E-state index is 12.0. The van der Waals surface area contributed by atoms with Crippen LogP contribution in [-0.2, 0) is 19.1 Å². The molecule has 5 nitrogen and oxygen atoms in total. The van der Waals surface area contributed by atoms with E-state index in [1.165, 1.54) is 7.11 Å². The van der Waals surface area contributed by atoms with E-state index in [4.69, 9.17) is 9.47 Å². The molecule has 1 rings (SSSR count). The lowest BCUT2D eigenvalue weighted by atomic mass is 10.1. The average molecular weight is 293 g/mol. The summed E-state index contributed by atoms with van der Waals surface area (Å²) >= 11 is 0. The Morgan fingerprint density at radius 1 is 1.10 bits per heavy atom. The minimum Gasteiger partial charge on any atom is -0.468 e. The summed E-state index contributed by atoms with van der Waals surface area (Å²) in [5.41, 5.74) is 0.167. The van der Waals surface area contributed by atoms with Crippen molar-refractivity contribution in [2.75, 3.05) is 7.11 Å². The lowest BCUT2D eigenvalue weighted by Crippen LogP contribution is -2.43. The van der Waals surface area contributed by atoms with Crippen LogP contribution in [0.2, 0.25) is 0 Å². The van der Waals surface area contributed by atoms with Gasteiger partial charge in [0.15, 0.2) is 0 Å². The van der Waals surface area contributed by atoms with Gasteiger partial charge in [0, 0.05) is 0 Å². The van der Waals surface area contributed by atoms with Crippen LogP contribution >= 0.6 is 0 Å². The first-order valence-electron chi connectivity index (χ1n) is 6.86. The monoisotopic (exact) mass is 293 g/mol. The van der Waals surface area contributed by atoms with Gasteiger partial charge in [-0.3, -0.25) is 10.1 Å². The third-order valence-corrected chi connectivity index (χ3v) is 2.75. The molecule has 0 amide bonds. The van der Waals surface area contributed by atoms with Gasteiger partial charge >= 0.3 is 11.9 Å². The van der Waals surface area contributed by atoms with Crippen molar-refractivity contribution in [3.8, 4) is 0 Å². The lowest BCUT2D eigenvalue weighted by molar-refractivity contribution is -0.157. The summed E-state index contributed by atoms with van der Waals surface area (Å²) in [6.07, 6.45) is 0. The number of hydrogen-bond acceptors (Lipinski definition) is 5. The van der Waals surface area contributed by atoms with Crippen molar-refractivity contribution in [2.24, 2.45) is 0 Å². The van der Waals surface area contributed by atoms with Crippen molar-refractivity contribution in [3.63, 3.8) is 0 Å². The molecule has 5 heteroatoms. The Morgan fingerprint density at radius 3 is 2.14 bits per heavy atom. The summed E-state index contributed by atoms with van der Waals surface area (Å²) in [5.74, 6) is -0.857. The summed E-state index contributed by atoms with van der Waals surface area (Å²) in [6, 6.07) is 7.77. The Hall–Kier alpha value is -1.88. The first-order chi connectivity index (χ1) is 9.74. The number of ether oxygens (including phenoxy) is 2. The first kappa shape index (κ1) is 17.2. The Morgan fingerprint density at radius 2 is 1.67 bits per heavy atom. The standard InChI is InChI=1S/C16H23NO4/c1-11(14(18)21-16(2,3)4)17-13(15(19)20-5)12-9-7-6-8-10-12/h6-11,13,17H,1-5H3. The van der Waals surface area contributed by atoms with Crippen LogP contribution in [0.1, 0.15) is 39.3 Å². The zero-order chi connectivity index (χ0) is 16.0. The largest absolute Gasteiger partial charge is 0.468 e. The molecular weight excluding hydrogens is 270 g/mol. The zero-order valence-corrected chi connectivity index (χ0v) is 13.2. The highest BCUT2D eigenvalue weighted by Crippen LogP contribution is 2.16. The summed E-state index contributed by atoms with van der Waals surface area (Å²) in [7, 11) is 1.32. The van der Waals surface area contributed by atoms with E-state index >= 15 is 0 Å². The Labute approximate surface area is 125 Å². The maximum Gasteiger partial charge on any atom is 0.327 e. The van der Waals surface area contributed by atoms with Gasteiger partial charge in [-0.15, -0.1) is 0 Å². The summed E-state index contributed by atoms with van der Waals surface area (Å²) in [6.45, 7) is 7.05. The highest BCUT2D eigenvalue weighted by molar-refractivity contribution is 5.80. The molecule has 116 valence electrons. The van der Waals surface area contributed by atoms with Gasteiger partial charge in [0.05, 0.1) is 7.11 Å².